The van der Waals surface area contributed by atoms with Crippen LogP contribution in [0.3, 0.4) is 0 Å². The summed E-state index contributed by atoms with van der Waals surface area (Å²) in [6, 6.07) is 17.2. The number of benzene rings is 2. The van der Waals surface area contributed by atoms with Crippen molar-refractivity contribution in [2.75, 3.05) is 0 Å². The molecule has 3 rings (SSSR count). The van der Waals surface area contributed by atoms with Crippen LogP contribution in [0.2, 0.25) is 0 Å². The van der Waals surface area contributed by atoms with Gasteiger partial charge in [-0.25, -0.2) is 4.98 Å². The zero-order chi connectivity index (χ0) is 16.4. The lowest BCUT2D eigenvalue weighted by atomic mass is 10.1. The minimum Gasteiger partial charge on any atom is -0.506 e. The number of allylic oxidation sites excluding steroid dienone is 1. The lowest BCUT2D eigenvalue weighted by Gasteiger charge is -2.04. The van der Waals surface area contributed by atoms with Gasteiger partial charge in [-0.2, -0.15) is 5.26 Å². The van der Waals surface area contributed by atoms with Gasteiger partial charge < -0.3 is 5.11 Å². The van der Waals surface area contributed by atoms with Gasteiger partial charge in [0.15, 0.2) is 0 Å². The van der Waals surface area contributed by atoms with Crippen molar-refractivity contribution in [1.82, 2.24) is 4.98 Å². The minimum atomic E-state index is 0.129. The molecule has 23 heavy (non-hydrogen) atoms. The molecule has 0 bridgehead atoms. The molecule has 0 aliphatic heterocycles. The molecule has 0 radical (unpaired) electrons. The first kappa shape index (κ1) is 15.7. The molecule has 1 N–H and O–H groups in total. The number of nitriles is 1. The van der Waals surface area contributed by atoms with E-state index >= 15 is 0 Å². The van der Waals surface area contributed by atoms with E-state index in [4.69, 9.17) is 0 Å². The predicted molar refractivity (Wildman–Crippen MR) is 98.7 cm³/mol. The fraction of sp³-hybridized carbons (Fsp3) is 0. The molecule has 1 aromatic heterocycles. The Balaban J connectivity index is 2.09. The molecular formula is C18H10Br2N2O. The van der Waals surface area contributed by atoms with Gasteiger partial charge in [0.1, 0.15) is 11.8 Å². The van der Waals surface area contributed by atoms with Gasteiger partial charge in [-0.1, -0.05) is 24.3 Å². The van der Waals surface area contributed by atoms with Crippen molar-refractivity contribution in [3.63, 3.8) is 0 Å². The molecule has 112 valence electrons. The average molecular weight is 430 g/mol. The lowest BCUT2D eigenvalue weighted by molar-refractivity contribution is 0.468. The smallest absolute Gasteiger partial charge is 0.143 e. The van der Waals surface area contributed by atoms with Crippen LogP contribution in [0.15, 0.2) is 57.5 Å². The molecule has 5 heteroatoms. The molecule has 0 aliphatic rings. The normalized spacial score (nSPS) is 11.4. The molecule has 2 aromatic carbocycles. The third-order valence-corrected chi connectivity index (χ3v) is 4.55. The van der Waals surface area contributed by atoms with Crippen molar-refractivity contribution >= 4 is 54.4 Å². The lowest BCUT2D eigenvalue weighted by Crippen LogP contribution is -1.89. The highest BCUT2D eigenvalue weighted by Crippen LogP contribution is 2.34. The van der Waals surface area contributed by atoms with Gasteiger partial charge in [-0.15, -0.1) is 0 Å². The van der Waals surface area contributed by atoms with E-state index in [2.05, 4.69) is 42.9 Å². The Morgan fingerprint density at radius 2 is 1.78 bits per heavy atom. The summed E-state index contributed by atoms with van der Waals surface area (Å²) < 4.78 is 1.11. The van der Waals surface area contributed by atoms with Crippen molar-refractivity contribution in [3.8, 4) is 11.8 Å². The van der Waals surface area contributed by atoms with E-state index in [0.29, 0.717) is 20.2 Å². The van der Waals surface area contributed by atoms with Gasteiger partial charge >= 0.3 is 0 Å². The van der Waals surface area contributed by atoms with Crippen LogP contribution < -0.4 is 0 Å². The van der Waals surface area contributed by atoms with Crippen molar-refractivity contribution in [1.29, 1.82) is 5.26 Å². The van der Waals surface area contributed by atoms with E-state index < -0.39 is 0 Å². The second-order valence-corrected chi connectivity index (χ2v) is 6.60. The summed E-state index contributed by atoms with van der Waals surface area (Å²) in [5.41, 5.74) is 2.71. The number of para-hydroxylation sites is 1. The molecule has 3 aromatic rings. The predicted octanol–water partition coefficient (Wildman–Crippen LogP) is 5.53. The number of nitrogens with zero attached hydrogens (tertiary/aromatic N) is 2. The standard InChI is InChI=1S/C18H10Br2N2O/c19-14-8-11(9-15(20)18(14)23)7-13(10-21)17-6-5-12-3-1-2-4-16(12)22-17/h1-9,23H/b13-7-. The first-order chi connectivity index (χ1) is 11.1. The van der Waals surface area contributed by atoms with Gasteiger partial charge in [0.05, 0.1) is 25.7 Å². The Morgan fingerprint density at radius 3 is 2.48 bits per heavy atom. The first-order valence-corrected chi connectivity index (χ1v) is 8.33. The molecular weight excluding hydrogens is 420 g/mol. The highest BCUT2D eigenvalue weighted by Gasteiger charge is 2.08. The Bertz CT molecular complexity index is 951. The maximum Gasteiger partial charge on any atom is 0.143 e. The van der Waals surface area contributed by atoms with Crippen LogP contribution in [0, 0.1) is 11.3 Å². The van der Waals surface area contributed by atoms with E-state index in [1.807, 2.05) is 36.4 Å². The number of phenolic OH excluding ortho intramolecular Hbond substituents is 1. The molecule has 0 spiro atoms. The third kappa shape index (κ3) is 3.29. The maximum atomic E-state index is 9.77. The summed E-state index contributed by atoms with van der Waals surface area (Å²) in [6.45, 7) is 0. The van der Waals surface area contributed by atoms with Crippen LogP contribution in [-0.4, -0.2) is 10.1 Å². The number of hydrogen-bond acceptors (Lipinski definition) is 3. The Hall–Kier alpha value is -2.16. The summed E-state index contributed by atoms with van der Waals surface area (Å²) in [5, 5.41) is 20.3. The SMILES string of the molecule is N#C/C(=C/c1cc(Br)c(O)c(Br)c1)c1ccc2ccccc2n1. The monoisotopic (exact) mass is 428 g/mol. The van der Waals surface area contributed by atoms with Gasteiger partial charge in [0, 0.05) is 5.39 Å². The zero-order valence-electron chi connectivity index (χ0n) is 11.8. The molecule has 0 unspecified atom stereocenters. The van der Waals surface area contributed by atoms with Crippen molar-refractivity contribution in [2.45, 2.75) is 0 Å². The van der Waals surface area contributed by atoms with Crippen LogP contribution >= 0.6 is 31.9 Å². The minimum absolute atomic E-state index is 0.129. The first-order valence-electron chi connectivity index (χ1n) is 6.74. The molecule has 0 saturated carbocycles. The molecule has 0 atom stereocenters. The molecule has 3 nitrogen and oxygen atoms in total. The average Bonchev–Trinajstić information content (AvgIpc) is 2.57. The Kier molecular flexibility index (Phi) is 4.46. The van der Waals surface area contributed by atoms with Crippen LogP contribution in [-0.2, 0) is 0 Å². The van der Waals surface area contributed by atoms with Crippen LogP contribution in [0.1, 0.15) is 11.3 Å². The van der Waals surface area contributed by atoms with E-state index in [9.17, 15) is 10.4 Å². The fourth-order valence-electron chi connectivity index (χ4n) is 2.21. The van der Waals surface area contributed by atoms with Crippen molar-refractivity contribution in [3.05, 3.63) is 68.7 Å². The number of hydrogen-bond donors (Lipinski definition) is 1. The number of fused-ring (bicyclic) bond motifs is 1. The summed E-state index contributed by atoms with van der Waals surface area (Å²) in [6.07, 6.45) is 1.74. The second-order valence-electron chi connectivity index (χ2n) is 4.89. The van der Waals surface area contributed by atoms with E-state index in [0.717, 1.165) is 16.5 Å². The van der Waals surface area contributed by atoms with Crippen molar-refractivity contribution in [2.24, 2.45) is 0 Å². The summed E-state index contributed by atoms with van der Waals surface area (Å²) >= 11 is 6.58. The van der Waals surface area contributed by atoms with E-state index in [-0.39, 0.29) is 5.75 Å². The number of rotatable bonds is 2. The fourth-order valence-corrected chi connectivity index (χ4v) is 3.44. The summed E-state index contributed by atoms with van der Waals surface area (Å²) in [4.78, 5) is 4.54. The summed E-state index contributed by atoms with van der Waals surface area (Å²) in [5.74, 6) is 0.129. The van der Waals surface area contributed by atoms with Crippen LogP contribution in [0.25, 0.3) is 22.6 Å². The summed E-state index contributed by atoms with van der Waals surface area (Å²) in [7, 11) is 0. The number of aromatic nitrogens is 1. The van der Waals surface area contributed by atoms with Crippen LogP contribution in [0.5, 0.6) is 5.75 Å². The number of halogens is 2. The number of phenols is 1. The molecule has 1 heterocycles. The van der Waals surface area contributed by atoms with Crippen molar-refractivity contribution < 1.29 is 5.11 Å². The highest BCUT2D eigenvalue weighted by atomic mass is 79.9. The molecule has 0 amide bonds. The zero-order valence-corrected chi connectivity index (χ0v) is 15.0. The van der Waals surface area contributed by atoms with Gasteiger partial charge in [-0.3, -0.25) is 0 Å². The third-order valence-electron chi connectivity index (χ3n) is 3.35. The Morgan fingerprint density at radius 1 is 1.09 bits per heavy atom. The number of pyridine rings is 1. The molecule has 0 aliphatic carbocycles. The number of aromatic hydroxyl groups is 1. The van der Waals surface area contributed by atoms with Gasteiger partial charge in [0.25, 0.3) is 0 Å². The largest absolute Gasteiger partial charge is 0.506 e. The quantitative estimate of drug-likeness (QED) is 0.545. The Labute approximate surface area is 150 Å². The van der Waals surface area contributed by atoms with Gasteiger partial charge in [-0.05, 0) is 67.8 Å². The van der Waals surface area contributed by atoms with E-state index in [1.165, 1.54) is 0 Å². The topological polar surface area (TPSA) is 56.9 Å². The molecule has 0 fully saturated rings. The second kappa shape index (κ2) is 6.53. The molecule has 0 saturated heterocycles. The van der Waals surface area contributed by atoms with E-state index in [1.54, 1.807) is 18.2 Å². The van der Waals surface area contributed by atoms with Gasteiger partial charge in [0.2, 0.25) is 0 Å². The maximum absolute atomic E-state index is 9.77. The highest BCUT2D eigenvalue weighted by molar-refractivity contribution is 9.11. The van der Waals surface area contributed by atoms with Crippen LogP contribution in [0.4, 0.5) is 0 Å².